The first-order valence-electron chi connectivity index (χ1n) is 10.5. The number of pyridine rings is 1. The Bertz CT molecular complexity index is 734. The van der Waals surface area contributed by atoms with Gasteiger partial charge >= 0.3 is 0 Å². The third-order valence-corrected chi connectivity index (χ3v) is 5.37. The van der Waals surface area contributed by atoms with Gasteiger partial charge in [-0.3, -0.25) is 4.79 Å². The van der Waals surface area contributed by atoms with Gasteiger partial charge in [-0.2, -0.15) is 0 Å². The second kappa shape index (κ2) is 10.1. The van der Waals surface area contributed by atoms with Gasteiger partial charge < -0.3 is 15.5 Å². The molecule has 2 heterocycles. The summed E-state index contributed by atoms with van der Waals surface area (Å²) in [4.78, 5) is 18.8. The first-order valence-corrected chi connectivity index (χ1v) is 10.5. The fourth-order valence-electron chi connectivity index (χ4n) is 3.46. The van der Waals surface area contributed by atoms with Crippen LogP contribution in [-0.4, -0.2) is 30.5 Å². The number of piperidine rings is 1. The van der Waals surface area contributed by atoms with Gasteiger partial charge in [-0.25, -0.2) is 4.98 Å². The zero-order chi connectivity index (χ0) is 19.8. The van der Waals surface area contributed by atoms with Crippen molar-refractivity contribution in [3.8, 4) is 0 Å². The molecule has 3 rings (SSSR count). The maximum absolute atomic E-state index is 12.1. The molecule has 1 fully saturated rings. The van der Waals surface area contributed by atoms with Gasteiger partial charge in [-0.15, -0.1) is 0 Å². The molecular weight excluding hydrogens is 348 g/mol. The van der Waals surface area contributed by atoms with E-state index in [-0.39, 0.29) is 5.91 Å². The Balaban J connectivity index is 1.51. The van der Waals surface area contributed by atoms with Crippen molar-refractivity contribution in [3.63, 3.8) is 0 Å². The van der Waals surface area contributed by atoms with E-state index in [1.165, 1.54) is 18.5 Å². The van der Waals surface area contributed by atoms with E-state index in [2.05, 4.69) is 58.6 Å². The highest BCUT2D eigenvalue weighted by Crippen LogP contribution is 2.25. The number of benzene rings is 1. The number of nitrogens with one attached hydrogen (secondary N) is 2. The Morgan fingerprint density at radius 1 is 1.07 bits per heavy atom. The topological polar surface area (TPSA) is 57.3 Å². The summed E-state index contributed by atoms with van der Waals surface area (Å²) in [6.07, 6.45) is 7.53. The van der Waals surface area contributed by atoms with Crippen LogP contribution in [0.5, 0.6) is 0 Å². The van der Waals surface area contributed by atoms with Crippen LogP contribution in [0.4, 0.5) is 17.1 Å². The molecule has 1 aliphatic heterocycles. The van der Waals surface area contributed by atoms with Gasteiger partial charge in [0.05, 0.1) is 11.9 Å². The first-order chi connectivity index (χ1) is 13.7. The highest BCUT2D eigenvalue weighted by Gasteiger charge is 2.15. The van der Waals surface area contributed by atoms with Crippen molar-refractivity contribution in [1.82, 2.24) is 10.3 Å². The van der Waals surface area contributed by atoms with Crippen LogP contribution in [0.3, 0.4) is 0 Å². The molecule has 1 aromatic heterocycles. The average molecular weight is 381 g/mol. The zero-order valence-electron chi connectivity index (χ0n) is 17.1. The fourth-order valence-corrected chi connectivity index (χ4v) is 3.46. The van der Waals surface area contributed by atoms with Gasteiger partial charge in [-0.05, 0) is 61.6 Å². The van der Waals surface area contributed by atoms with Crippen molar-refractivity contribution in [2.75, 3.05) is 29.9 Å². The van der Waals surface area contributed by atoms with E-state index in [4.69, 9.17) is 0 Å². The lowest BCUT2D eigenvalue weighted by Gasteiger charge is -2.32. The zero-order valence-corrected chi connectivity index (χ0v) is 17.1. The molecule has 2 aromatic rings. The number of anilines is 3. The molecule has 5 nitrogen and oxygen atoms in total. The van der Waals surface area contributed by atoms with Crippen molar-refractivity contribution < 1.29 is 4.79 Å². The summed E-state index contributed by atoms with van der Waals surface area (Å²) in [5, 5.41) is 6.27. The minimum atomic E-state index is -0.108. The normalized spacial score (nSPS) is 14.7. The molecule has 1 amide bonds. The van der Waals surface area contributed by atoms with Crippen molar-refractivity contribution in [2.45, 2.75) is 46.0 Å². The molecule has 0 bridgehead atoms. The van der Waals surface area contributed by atoms with Crippen LogP contribution in [0.2, 0.25) is 0 Å². The molecule has 0 atom stereocenters. The number of aromatic nitrogens is 1. The minimum Gasteiger partial charge on any atom is -0.372 e. The van der Waals surface area contributed by atoms with Gasteiger partial charge in [0.1, 0.15) is 5.69 Å². The van der Waals surface area contributed by atoms with E-state index < -0.39 is 0 Å². The third-order valence-electron chi connectivity index (χ3n) is 5.37. The monoisotopic (exact) mass is 380 g/mol. The molecule has 150 valence electrons. The molecule has 0 spiro atoms. The molecular formula is C23H32N4O. The predicted octanol–water partition coefficient (Wildman–Crippen LogP) is 4.98. The number of amides is 1. The summed E-state index contributed by atoms with van der Waals surface area (Å²) >= 11 is 0. The van der Waals surface area contributed by atoms with E-state index in [0.29, 0.717) is 12.2 Å². The first kappa shape index (κ1) is 20.2. The highest BCUT2D eigenvalue weighted by atomic mass is 16.1. The summed E-state index contributed by atoms with van der Waals surface area (Å²) in [6, 6.07) is 12.2. The molecule has 5 heteroatoms. The Morgan fingerprint density at radius 2 is 1.79 bits per heavy atom. The van der Waals surface area contributed by atoms with Gasteiger partial charge in [0.2, 0.25) is 0 Å². The summed E-state index contributed by atoms with van der Waals surface area (Å²) in [5.74, 6) is 0.730. The molecule has 28 heavy (non-hydrogen) atoms. The van der Waals surface area contributed by atoms with Crippen LogP contribution in [0.25, 0.3) is 0 Å². The minimum absolute atomic E-state index is 0.108. The quantitative estimate of drug-likeness (QED) is 0.634. The summed E-state index contributed by atoms with van der Waals surface area (Å²) < 4.78 is 0. The van der Waals surface area contributed by atoms with Gasteiger partial charge in [0.25, 0.3) is 5.91 Å². The van der Waals surface area contributed by atoms with Gasteiger partial charge in [0.15, 0.2) is 0 Å². The molecule has 1 aliphatic rings. The fraction of sp³-hybridized carbons (Fsp3) is 0.478. The van der Waals surface area contributed by atoms with E-state index >= 15 is 0 Å². The highest BCUT2D eigenvalue weighted by molar-refractivity contribution is 5.92. The van der Waals surface area contributed by atoms with Crippen LogP contribution in [0, 0.1) is 5.92 Å². The van der Waals surface area contributed by atoms with Crippen molar-refractivity contribution in [2.24, 2.45) is 5.92 Å². The molecule has 0 aliphatic carbocycles. The predicted molar refractivity (Wildman–Crippen MR) is 116 cm³/mol. The molecule has 2 N–H and O–H groups in total. The lowest BCUT2D eigenvalue weighted by atomic mass is 9.99. The number of hydrogen-bond acceptors (Lipinski definition) is 4. The molecule has 0 unspecified atom stereocenters. The summed E-state index contributed by atoms with van der Waals surface area (Å²) in [7, 11) is 0. The number of hydrogen-bond donors (Lipinski definition) is 2. The van der Waals surface area contributed by atoms with Crippen LogP contribution in [-0.2, 0) is 0 Å². The van der Waals surface area contributed by atoms with Crippen LogP contribution in [0.15, 0.2) is 42.6 Å². The lowest BCUT2D eigenvalue weighted by Crippen LogP contribution is -2.32. The number of nitrogens with zero attached hydrogens (tertiary/aromatic N) is 2. The van der Waals surface area contributed by atoms with E-state index in [0.717, 1.165) is 49.6 Å². The van der Waals surface area contributed by atoms with Crippen LogP contribution in [0.1, 0.15) is 56.4 Å². The van der Waals surface area contributed by atoms with Crippen molar-refractivity contribution in [1.29, 1.82) is 0 Å². The standard InChI is InChI=1S/C23H32N4O/c1-3-4-5-14-24-23(28)22-11-8-20(17-25-22)26-19-6-9-21(10-7-19)27-15-12-18(2)13-16-27/h6-11,17-18,26H,3-5,12-16H2,1-2H3,(H,24,28). The molecule has 0 saturated carbocycles. The maximum Gasteiger partial charge on any atom is 0.269 e. The molecule has 0 radical (unpaired) electrons. The van der Waals surface area contributed by atoms with Gasteiger partial charge in [-0.1, -0.05) is 26.7 Å². The van der Waals surface area contributed by atoms with Crippen LogP contribution < -0.4 is 15.5 Å². The Morgan fingerprint density at radius 3 is 2.43 bits per heavy atom. The smallest absolute Gasteiger partial charge is 0.269 e. The summed E-state index contributed by atoms with van der Waals surface area (Å²) in [5.41, 5.74) is 3.64. The number of carbonyl (C=O) groups excluding carboxylic acids is 1. The number of rotatable bonds is 8. The van der Waals surface area contributed by atoms with Gasteiger partial charge in [0, 0.05) is 31.0 Å². The lowest BCUT2D eigenvalue weighted by molar-refractivity contribution is 0.0948. The van der Waals surface area contributed by atoms with Crippen molar-refractivity contribution in [3.05, 3.63) is 48.3 Å². The average Bonchev–Trinajstić information content (AvgIpc) is 2.73. The Kier molecular flexibility index (Phi) is 7.29. The second-order valence-electron chi connectivity index (χ2n) is 7.74. The van der Waals surface area contributed by atoms with E-state index in [1.807, 2.05) is 6.07 Å². The van der Waals surface area contributed by atoms with E-state index in [1.54, 1.807) is 12.3 Å². The van der Waals surface area contributed by atoms with Crippen molar-refractivity contribution >= 4 is 23.0 Å². The number of unbranched alkanes of at least 4 members (excludes halogenated alkanes) is 2. The third kappa shape index (κ3) is 5.72. The molecule has 1 saturated heterocycles. The van der Waals surface area contributed by atoms with Crippen LogP contribution >= 0.6 is 0 Å². The molecule has 1 aromatic carbocycles. The Labute approximate surface area is 168 Å². The maximum atomic E-state index is 12.1. The number of carbonyl (C=O) groups is 1. The summed E-state index contributed by atoms with van der Waals surface area (Å²) in [6.45, 7) is 7.47. The SMILES string of the molecule is CCCCCNC(=O)c1ccc(Nc2ccc(N3CCC(C)CC3)cc2)cn1. The second-order valence-corrected chi connectivity index (χ2v) is 7.74. The largest absolute Gasteiger partial charge is 0.372 e. The Hall–Kier alpha value is -2.56. The van der Waals surface area contributed by atoms with E-state index in [9.17, 15) is 4.79 Å².